The number of hydrogen-bond donors (Lipinski definition) is 3. The van der Waals surface area contributed by atoms with Gasteiger partial charge in [0.25, 0.3) is 0 Å². The molecule has 2 aromatic rings. The molecule has 7 heteroatoms. The van der Waals surface area contributed by atoms with Gasteiger partial charge in [0.15, 0.2) is 0 Å². The van der Waals surface area contributed by atoms with Gasteiger partial charge < -0.3 is 15.5 Å². The maximum absolute atomic E-state index is 9.10. The third-order valence-corrected chi connectivity index (χ3v) is 3.07. The minimum absolute atomic E-state index is 0.748. The van der Waals surface area contributed by atoms with E-state index in [9.17, 15) is 0 Å². The van der Waals surface area contributed by atoms with Crippen LogP contribution in [0.25, 0.3) is 5.57 Å². The van der Waals surface area contributed by atoms with Gasteiger partial charge in [-0.15, -0.1) is 0 Å². The average Bonchev–Trinajstić information content (AvgIpc) is 2.58. The topological polar surface area (TPSA) is 99.5 Å². The molecule has 0 bridgehead atoms. The van der Waals surface area contributed by atoms with Gasteiger partial charge in [-0.05, 0) is 36.4 Å². The van der Waals surface area contributed by atoms with Crippen molar-refractivity contribution >= 4 is 29.1 Å². The Hall–Kier alpha value is -2.70. The standard InChI is InChI=1S/C15H15ClN2.C2H2O4/c1-17-10-8-15(13-3-2-9-18-11-13)12-4-6-14(16)7-5-12;3-1(4)2(5)6/h2-9,11,17H,10H2,1H3;(H,3,4)(H,5,6)/b15-8-;. The van der Waals surface area contributed by atoms with Gasteiger partial charge in [-0.3, -0.25) is 4.98 Å². The predicted molar refractivity (Wildman–Crippen MR) is 92.0 cm³/mol. The van der Waals surface area contributed by atoms with Crippen LogP contribution in [0.15, 0.2) is 54.9 Å². The molecule has 1 aromatic heterocycles. The summed E-state index contributed by atoms with van der Waals surface area (Å²) in [6.45, 7) is 0.812. The number of halogens is 1. The van der Waals surface area contributed by atoms with Crippen LogP contribution in [0.1, 0.15) is 11.1 Å². The third kappa shape index (κ3) is 6.60. The zero-order chi connectivity index (χ0) is 17.9. The van der Waals surface area contributed by atoms with Gasteiger partial charge in [0.1, 0.15) is 0 Å². The van der Waals surface area contributed by atoms with E-state index in [0.717, 1.165) is 28.3 Å². The van der Waals surface area contributed by atoms with E-state index in [-0.39, 0.29) is 0 Å². The van der Waals surface area contributed by atoms with Crippen LogP contribution in [0.5, 0.6) is 0 Å². The summed E-state index contributed by atoms with van der Waals surface area (Å²) >= 11 is 5.92. The molecule has 0 saturated heterocycles. The molecule has 0 saturated carbocycles. The van der Waals surface area contributed by atoms with E-state index in [1.807, 2.05) is 43.6 Å². The van der Waals surface area contributed by atoms with Crippen LogP contribution in [0, 0.1) is 0 Å². The lowest BCUT2D eigenvalue weighted by Gasteiger charge is -2.08. The molecule has 0 fully saturated rings. The van der Waals surface area contributed by atoms with E-state index in [1.165, 1.54) is 0 Å². The van der Waals surface area contributed by atoms with Crippen molar-refractivity contribution in [2.45, 2.75) is 0 Å². The van der Waals surface area contributed by atoms with E-state index < -0.39 is 11.9 Å². The Morgan fingerprint density at radius 1 is 1.12 bits per heavy atom. The van der Waals surface area contributed by atoms with Gasteiger partial charge >= 0.3 is 11.9 Å². The Bertz CT molecular complexity index is 688. The number of aromatic nitrogens is 1. The molecule has 0 aliphatic heterocycles. The lowest BCUT2D eigenvalue weighted by molar-refractivity contribution is -0.159. The Morgan fingerprint density at radius 2 is 1.75 bits per heavy atom. The SMILES string of the molecule is CNC/C=C(/c1ccc(Cl)cc1)c1cccnc1.O=C(O)C(=O)O. The zero-order valence-electron chi connectivity index (χ0n) is 12.9. The summed E-state index contributed by atoms with van der Waals surface area (Å²) in [4.78, 5) is 22.4. The zero-order valence-corrected chi connectivity index (χ0v) is 13.7. The molecule has 2 rings (SSSR count). The molecule has 0 aliphatic carbocycles. The molecular weight excluding hydrogens is 332 g/mol. The number of carbonyl (C=O) groups is 2. The first kappa shape index (κ1) is 19.3. The van der Waals surface area contributed by atoms with Crippen molar-refractivity contribution in [3.8, 4) is 0 Å². The van der Waals surface area contributed by atoms with Crippen LogP contribution < -0.4 is 5.32 Å². The number of carboxylic acid groups (broad SMARTS) is 2. The minimum atomic E-state index is -1.82. The van der Waals surface area contributed by atoms with Crippen LogP contribution in [0.4, 0.5) is 0 Å². The number of nitrogens with zero attached hydrogens (tertiary/aromatic N) is 1. The lowest BCUT2D eigenvalue weighted by atomic mass is 9.99. The summed E-state index contributed by atoms with van der Waals surface area (Å²) in [5, 5.41) is 18.7. The van der Waals surface area contributed by atoms with Gasteiger partial charge in [0.2, 0.25) is 0 Å². The molecule has 0 atom stereocenters. The highest BCUT2D eigenvalue weighted by atomic mass is 35.5. The quantitative estimate of drug-likeness (QED) is 0.734. The lowest BCUT2D eigenvalue weighted by Crippen LogP contribution is -2.09. The average molecular weight is 349 g/mol. The molecule has 6 nitrogen and oxygen atoms in total. The van der Waals surface area contributed by atoms with Crippen LogP contribution in [0.2, 0.25) is 5.02 Å². The largest absolute Gasteiger partial charge is 0.473 e. The number of pyridine rings is 1. The third-order valence-electron chi connectivity index (χ3n) is 2.82. The maximum atomic E-state index is 9.10. The summed E-state index contributed by atoms with van der Waals surface area (Å²) in [5.41, 5.74) is 3.41. The molecular formula is C17H17ClN2O4. The smallest absolute Gasteiger partial charge is 0.414 e. The Balaban J connectivity index is 0.000000413. The van der Waals surface area contributed by atoms with Crippen molar-refractivity contribution in [1.82, 2.24) is 10.3 Å². The van der Waals surface area contributed by atoms with Gasteiger partial charge in [-0.1, -0.05) is 35.9 Å². The van der Waals surface area contributed by atoms with Crippen molar-refractivity contribution in [2.24, 2.45) is 0 Å². The van der Waals surface area contributed by atoms with Crippen molar-refractivity contribution in [1.29, 1.82) is 0 Å². The first-order valence-electron chi connectivity index (χ1n) is 6.93. The van der Waals surface area contributed by atoms with Crippen molar-refractivity contribution < 1.29 is 19.8 Å². The minimum Gasteiger partial charge on any atom is -0.473 e. The second-order valence-electron chi connectivity index (χ2n) is 4.53. The normalized spacial score (nSPS) is 10.5. The highest BCUT2D eigenvalue weighted by molar-refractivity contribution is 6.30. The van der Waals surface area contributed by atoms with Crippen LogP contribution >= 0.6 is 11.6 Å². The number of hydrogen-bond acceptors (Lipinski definition) is 4. The molecule has 0 radical (unpaired) electrons. The summed E-state index contributed by atoms with van der Waals surface area (Å²) in [7, 11) is 1.93. The highest BCUT2D eigenvalue weighted by Crippen LogP contribution is 2.23. The van der Waals surface area contributed by atoms with Crippen LogP contribution in [-0.2, 0) is 9.59 Å². The van der Waals surface area contributed by atoms with E-state index in [0.29, 0.717) is 0 Å². The molecule has 24 heavy (non-hydrogen) atoms. The van der Waals surface area contributed by atoms with Gasteiger partial charge in [0.05, 0.1) is 0 Å². The first-order valence-corrected chi connectivity index (χ1v) is 7.30. The Labute approximate surface area is 144 Å². The molecule has 1 aromatic carbocycles. The number of carboxylic acids is 2. The Morgan fingerprint density at radius 3 is 2.21 bits per heavy atom. The summed E-state index contributed by atoms with van der Waals surface area (Å²) in [5.74, 6) is -3.65. The predicted octanol–water partition coefficient (Wildman–Crippen LogP) is 2.54. The molecule has 0 amide bonds. The van der Waals surface area contributed by atoms with E-state index in [2.05, 4.69) is 22.4 Å². The van der Waals surface area contributed by atoms with E-state index in [1.54, 1.807) is 6.20 Å². The van der Waals surface area contributed by atoms with E-state index in [4.69, 9.17) is 31.4 Å². The molecule has 1 heterocycles. The molecule has 126 valence electrons. The van der Waals surface area contributed by atoms with Crippen molar-refractivity contribution in [3.05, 3.63) is 71.0 Å². The second-order valence-corrected chi connectivity index (χ2v) is 4.97. The van der Waals surface area contributed by atoms with Crippen LogP contribution in [-0.4, -0.2) is 40.7 Å². The monoisotopic (exact) mass is 348 g/mol. The molecule has 0 spiro atoms. The van der Waals surface area contributed by atoms with Gasteiger partial charge in [0, 0.05) is 29.5 Å². The highest BCUT2D eigenvalue weighted by Gasteiger charge is 2.05. The van der Waals surface area contributed by atoms with Crippen molar-refractivity contribution in [3.63, 3.8) is 0 Å². The summed E-state index contributed by atoms with van der Waals surface area (Å²) in [6, 6.07) is 11.9. The summed E-state index contributed by atoms with van der Waals surface area (Å²) in [6.07, 6.45) is 5.80. The fraction of sp³-hybridized carbons (Fsp3) is 0.118. The van der Waals surface area contributed by atoms with Gasteiger partial charge in [-0.2, -0.15) is 0 Å². The fourth-order valence-corrected chi connectivity index (χ4v) is 1.88. The number of benzene rings is 1. The van der Waals surface area contributed by atoms with Crippen molar-refractivity contribution in [2.75, 3.05) is 13.6 Å². The maximum Gasteiger partial charge on any atom is 0.414 e. The molecule has 3 N–H and O–H groups in total. The molecule has 0 aliphatic rings. The number of likely N-dealkylation sites (N-methyl/N-ethyl adjacent to an activating group) is 1. The number of rotatable bonds is 4. The first-order chi connectivity index (χ1) is 11.5. The van der Waals surface area contributed by atoms with Crippen LogP contribution in [0.3, 0.4) is 0 Å². The fourth-order valence-electron chi connectivity index (χ4n) is 1.76. The summed E-state index contributed by atoms with van der Waals surface area (Å²) < 4.78 is 0. The second kappa shape index (κ2) is 10.1. The van der Waals surface area contributed by atoms with E-state index >= 15 is 0 Å². The van der Waals surface area contributed by atoms with Gasteiger partial charge in [-0.25, -0.2) is 9.59 Å². The number of nitrogens with one attached hydrogen (secondary N) is 1. The Kier molecular flexibility index (Phi) is 8.18. The number of aliphatic carboxylic acids is 2. The molecule has 0 unspecified atom stereocenters.